The van der Waals surface area contributed by atoms with E-state index in [-0.39, 0.29) is 12.3 Å². The number of hydrogen-bond acceptors (Lipinski definition) is 5. The largest absolute Gasteiger partial charge is 0.481 e. The monoisotopic (exact) mass is 381 g/mol. The van der Waals surface area contributed by atoms with Crippen molar-refractivity contribution in [2.24, 2.45) is 0 Å². The van der Waals surface area contributed by atoms with Gasteiger partial charge < -0.3 is 10.4 Å². The number of nitrogens with zero attached hydrogens (tertiary/aromatic N) is 1. The third-order valence-electron chi connectivity index (χ3n) is 2.30. The van der Waals surface area contributed by atoms with E-state index in [4.69, 9.17) is 5.11 Å². The van der Waals surface area contributed by atoms with Crippen LogP contribution < -0.4 is 5.32 Å². The Morgan fingerprint density at radius 3 is 2.70 bits per heavy atom. The lowest BCUT2D eigenvalue weighted by Crippen LogP contribution is -2.26. The highest BCUT2D eigenvalue weighted by Crippen LogP contribution is 2.21. The lowest BCUT2D eigenvalue weighted by atomic mass is 10.3. The second-order valence-corrected chi connectivity index (χ2v) is 7.26. The molecule has 1 rings (SSSR count). The fourth-order valence-corrected chi connectivity index (χ4v) is 3.81. The maximum Gasteiger partial charge on any atom is 0.304 e. The number of amides is 1. The van der Waals surface area contributed by atoms with Crippen molar-refractivity contribution in [3.8, 4) is 0 Å². The molecule has 112 valence electrons. The van der Waals surface area contributed by atoms with E-state index in [1.54, 1.807) is 10.8 Å². The first kappa shape index (κ1) is 17.4. The van der Waals surface area contributed by atoms with E-state index in [0.717, 1.165) is 17.9 Å². The highest BCUT2D eigenvalue weighted by molar-refractivity contribution is 9.10. The fraction of sp³-hybridized carbons (Fsp3) is 0.545. The number of hydrogen-bond donors (Lipinski definition) is 3. The third kappa shape index (κ3) is 5.76. The molecule has 20 heavy (non-hydrogen) atoms. The number of carbonyl (C=O) groups excluding carboxylic acids is 1. The molecule has 1 aromatic rings. The molecule has 0 fully saturated rings. The van der Waals surface area contributed by atoms with Gasteiger partial charge in [0.2, 0.25) is 0 Å². The molecule has 0 spiro atoms. The number of aromatic nitrogens is 2. The average Bonchev–Trinajstić information content (AvgIpc) is 2.78. The van der Waals surface area contributed by atoms with Crippen LogP contribution in [0.15, 0.2) is 4.47 Å². The molecule has 1 heterocycles. The van der Waals surface area contributed by atoms with Crippen LogP contribution in [0, 0.1) is 0 Å². The summed E-state index contributed by atoms with van der Waals surface area (Å²) < 4.78 is 0.709. The second-order valence-electron chi connectivity index (χ2n) is 3.76. The van der Waals surface area contributed by atoms with Crippen molar-refractivity contribution in [2.75, 3.05) is 18.1 Å². The Labute approximate surface area is 133 Å². The summed E-state index contributed by atoms with van der Waals surface area (Å²) in [5.74, 6) is 0.280. The van der Waals surface area contributed by atoms with E-state index in [1.165, 1.54) is 10.8 Å². The number of nitrogens with one attached hydrogen (secondary N) is 2. The van der Waals surface area contributed by atoms with Crippen LogP contribution in [-0.2, 0) is 11.2 Å². The smallest absolute Gasteiger partial charge is 0.304 e. The zero-order valence-electron chi connectivity index (χ0n) is 10.9. The van der Waals surface area contributed by atoms with Crippen LogP contribution in [0.2, 0.25) is 0 Å². The first-order chi connectivity index (χ1) is 9.56. The van der Waals surface area contributed by atoms with Crippen molar-refractivity contribution in [3.05, 3.63) is 15.9 Å². The van der Waals surface area contributed by atoms with Crippen LogP contribution >= 0.6 is 37.5 Å². The van der Waals surface area contributed by atoms with Gasteiger partial charge in [-0.25, -0.2) is 0 Å². The minimum absolute atomic E-state index is 0.157. The number of rotatable bonds is 9. The Hall–Kier alpha value is -0.670. The van der Waals surface area contributed by atoms with E-state index in [2.05, 4.69) is 31.4 Å². The minimum atomic E-state index is -0.790. The van der Waals surface area contributed by atoms with Gasteiger partial charge in [-0.3, -0.25) is 14.7 Å². The minimum Gasteiger partial charge on any atom is -0.481 e. The predicted molar refractivity (Wildman–Crippen MR) is 85.2 cm³/mol. The number of halogens is 1. The van der Waals surface area contributed by atoms with Crippen molar-refractivity contribution < 1.29 is 14.7 Å². The Balaban J connectivity index is 2.20. The number of aryl methyl sites for hydroxylation is 1. The van der Waals surface area contributed by atoms with E-state index in [1.807, 2.05) is 6.92 Å². The van der Waals surface area contributed by atoms with E-state index >= 15 is 0 Å². The van der Waals surface area contributed by atoms with Crippen LogP contribution in [0.5, 0.6) is 0 Å². The maximum atomic E-state index is 11.9. The summed E-state index contributed by atoms with van der Waals surface area (Å²) >= 11 is 3.35. The van der Waals surface area contributed by atoms with Crippen molar-refractivity contribution in [2.45, 2.75) is 19.8 Å². The zero-order valence-corrected chi connectivity index (χ0v) is 14.2. The molecule has 0 aromatic carbocycles. The molecule has 3 N–H and O–H groups in total. The molecule has 0 aliphatic heterocycles. The van der Waals surface area contributed by atoms with E-state index < -0.39 is 5.97 Å². The van der Waals surface area contributed by atoms with Crippen molar-refractivity contribution in [3.63, 3.8) is 0 Å². The van der Waals surface area contributed by atoms with Crippen LogP contribution in [0.4, 0.5) is 0 Å². The summed E-state index contributed by atoms with van der Waals surface area (Å²) in [6.45, 7) is 2.50. The Morgan fingerprint density at radius 2 is 2.10 bits per heavy atom. The first-order valence-electron chi connectivity index (χ1n) is 6.03. The molecule has 9 heteroatoms. The molecule has 0 unspecified atom stereocenters. The highest BCUT2D eigenvalue weighted by Gasteiger charge is 2.16. The Morgan fingerprint density at radius 1 is 1.40 bits per heavy atom. The summed E-state index contributed by atoms with van der Waals surface area (Å²) in [4.78, 5) is 22.2. The van der Waals surface area contributed by atoms with Crippen molar-refractivity contribution >= 4 is 49.4 Å². The van der Waals surface area contributed by atoms with Crippen LogP contribution in [0.1, 0.15) is 29.5 Å². The SMILES string of the molecule is CCc1[nH]nc(C(=O)NCCSSCCC(=O)O)c1Br. The summed E-state index contributed by atoms with van der Waals surface area (Å²) in [6.07, 6.45) is 0.932. The lowest BCUT2D eigenvalue weighted by Gasteiger charge is -2.03. The van der Waals surface area contributed by atoms with Gasteiger partial charge in [0.1, 0.15) is 0 Å². The summed E-state index contributed by atoms with van der Waals surface area (Å²) in [5, 5.41) is 18.0. The molecular weight excluding hydrogens is 366 g/mol. The summed E-state index contributed by atoms with van der Waals surface area (Å²) in [6, 6.07) is 0. The second kappa shape index (κ2) is 9.30. The fourth-order valence-electron chi connectivity index (χ4n) is 1.29. The normalized spacial score (nSPS) is 10.5. The highest BCUT2D eigenvalue weighted by atomic mass is 79.9. The van der Waals surface area contributed by atoms with Gasteiger partial charge in [-0.05, 0) is 22.4 Å². The standard InChI is InChI=1S/C11H16BrN3O3S2/c1-2-7-9(12)10(15-14-7)11(18)13-4-6-20-19-5-3-8(16)17/h2-6H2,1H3,(H,13,18)(H,14,15)(H,16,17). The molecular formula is C11H16BrN3O3S2. The number of carboxylic acids is 1. The quantitative estimate of drug-likeness (QED) is 0.448. The van der Waals surface area contributed by atoms with Crippen molar-refractivity contribution in [1.82, 2.24) is 15.5 Å². The molecule has 0 aliphatic carbocycles. The van der Waals surface area contributed by atoms with Crippen LogP contribution in [0.25, 0.3) is 0 Å². The van der Waals surface area contributed by atoms with Gasteiger partial charge in [0.05, 0.1) is 10.9 Å². The van der Waals surface area contributed by atoms with Gasteiger partial charge in [-0.1, -0.05) is 28.5 Å². The predicted octanol–water partition coefficient (Wildman–Crippen LogP) is 2.32. The molecule has 6 nitrogen and oxygen atoms in total. The van der Waals surface area contributed by atoms with Gasteiger partial charge in [0.15, 0.2) is 5.69 Å². The van der Waals surface area contributed by atoms with Gasteiger partial charge in [0.25, 0.3) is 5.91 Å². The number of carbonyl (C=O) groups is 2. The number of aromatic amines is 1. The third-order valence-corrected chi connectivity index (χ3v) is 5.56. The molecule has 0 saturated heterocycles. The molecule has 0 bridgehead atoms. The summed E-state index contributed by atoms with van der Waals surface area (Å²) in [7, 11) is 3.04. The van der Waals surface area contributed by atoms with E-state index in [0.29, 0.717) is 22.5 Å². The Kier molecular flexibility index (Phi) is 8.08. The topological polar surface area (TPSA) is 95.1 Å². The number of H-pyrrole nitrogens is 1. The van der Waals surface area contributed by atoms with Gasteiger partial charge >= 0.3 is 5.97 Å². The zero-order chi connectivity index (χ0) is 15.0. The Bertz CT molecular complexity index is 468. The van der Waals surface area contributed by atoms with E-state index in [9.17, 15) is 9.59 Å². The van der Waals surface area contributed by atoms with Gasteiger partial charge in [0, 0.05) is 23.7 Å². The average molecular weight is 382 g/mol. The molecule has 1 amide bonds. The molecule has 1 aromatic heterocycles. The maximum absolute atomic E-state index is 11.9. The number of carboxylic acid groups (broad SMARTS) is 1. The first-order valence-corrected chi connectivity index (χ1v) is 9.31. The molecule has 0 saturated carbocycles. The lowest BCUT2D eigenvalue weighted by molar-refractivity contribution is -0.136. The van der Waals surface area contributed by atoms with Gasteiger partial charge in [-0.2, -0.15) is 5.10 Å². The molecule has 0 aliphatic rings. The number of aliphatic carboxylic acids is 1. The van der Waals surface area contributed by atoms with Crippen molar-refractivity contribution in [1.29, 1.82) is 0 Å². The molecule has 0 atom stereocenters. The molecule has 0 radical (unpaired) electrons. The van der Waals surface area contributed by atoms with Crippen LogP contribution in [-0.4, -0.2) is 45.2 Å². The van der Waals surface area contributed by atoms with Gasteiger partial charge in [-0.15, -0.1) is 0 Å². The van der Waals surface area contributed by atoms with Crippen LogP contribution in [0.3, 0.4) is 0 Å². The summed E-state index contributed by atoms with van der Waals surface area (Å²) in [5.41, 5.74) is 1.26.